The SMILES string of the molecule is CCc1ccc2oc(C(=O)NC[C@@H](c3cccs3)N3CCCCCC3)c(C)c2c1. The molecular weight excluding hydrogens is 380 g/mol. The molecule has 1 aromatic carbocycles. The van der Waals surface area contributed by atoms with Crippen LogP contribution < -0.4 is 5.32 Å². The Morgan fingerprint density at radius 1 is 1.21 bits per heavy atom. The average molecular weight is 411 g/mol. The van der Waals surface area contributed by atoms with Gasteiger partial charge in [-0.1, -0.05) is 31.9 Å². The maximum absolute atomic E-state index is 13.0. The first-order chi connectivity index (χ1) is 14.2. The Morgan fingerprint density at radius 2 is 2.00 bits per heavy atom. The summed E-state index contributed by atoms with van der Waals surface area (Å²) in [7, 11) is 0. The summed E-state index contributed by atoms with van der Waals surface area (Å²) in [6, 6.07) is 10.7. The summed E-state index contributed by atoms with van der Waals surface area (Å²) in [4.78, 5) is 16.9. The number of nitrogens with one attached hydrogen (secondary N) is 1. The summed E-state index contributed by atoms with van der Waals surface area (Å²) in [5.41, 5.74) is 2.97. The van der Waals surface area contributed by atoms with E-state index in [0.717, 1.165) is 36.0 Å². The second-order valence-electron chi connectivity index (χ2n) is 7.93. The van der Waals surface area contributed by atoms with Crippen molar-refractivity contribution in [2.24, 2.45) is 0 Å². The monoisotopic (exact) mass is 410 g/mol. The Kier molecular flexibility index (Phi) is 6.36. The third kappa shape index (κ3) is 4.41. The van der Waals surface area contributed by atoms with Gasteiger partial charge in [-0.3, -0.25) is 9.69 Å². The highest BCUT2D eigenvalue weighted by atomic mass is 32.1. The lowest BCUT2D eigenvalue weighted by molar-refractivity contribution is 0.0907. The van der Waals surface area contributed by atoms with Crippen LogP contribution in [0.2, 0.25) is 0 Å². The average Bonchev–Trinajstić information content (AvgIpc) is 3.29. The van der Waals surface area contributed by atoms with Gasteiger partial charge in [0.2, 0.25) is 0 Å². The van der Waals surface area contributed by atoms with Crippen molar-refractivity contribution in [3.8, 4) is 0 Å². The smallest absolute Gasteiger partial charge is 0.287 e. The van der Waals surface area contributed by atoms with Crippen LogP contribution in [0, 0.1) is 6.92 Å². The molecule has 4 rings (SSSR count). The number of likely N-dealkylation sites (tertiary alicyclic amines) is 1. The van der Waals surface area contributed by atoms with Gasteiger partial charge in [-0.15, -0.1) is 11.3 Å². The molecule has 1 aliphatic rings. The molecule has 0 spiro atoms. The Morgan fingerprint density at radius 3 is 2.69 bits per heavy atom. The van der Waals surface area contributed by atoms with Gasteiger partial charge in [0.05, 0.1) is 6.04 Å². The molecule has 0 saturated carbocycles. The van der Waals surface area contributed by atoms with Crippen LogP contribution in [0.25, 0.3) is 11.0 Å². The van der Waals surface area contributed by atoms with Crippen LogP contribution in [-0.2, 0) is 6.42 Å². The Bertz CT molecular complexity index is 953. The van der Waals surface area contributed by atoms with Gasteiger partial charge in [-0.05, 0) is 68.4 Å². The number of carbonyl (C=O) groups is 1. The standard InChI is InChI=1S/C24H30N2O2S/c1-3-18-10-11-21-19(15-18)17(2)23(28-21)24(27)25-16-20(22-9-8-14-29-22)26-12-6-4-5-7-13-26/h8-11,14-15,20H,3-7,12-13,16H2,1-2H3,(H,25,27)/t20-/m0/s1. The van der Waals surface area contributed by atoms with E-state index in [1.165, 1.54) is 36.1 Å². The molecule has 2 aromatic heterocycles. The number of hydrogen-bond acceptors (Lipinski definition) is 4. The van der Waals surface area contributed by atoms with E-state index in [2.05, 4.69) is 46.8 Å². The van der Waals surface area contributed by atoms with E-state index in [4.69, 9.17) is 4.42 Å². The summed E-state index contributed by atoms with van der Waals surface area (Å²) >= 11 is 1.77. The Balaban J connectivity index is 1.52. The molecule has 1 atom stereocenters. The summed E-state index contributed by atoms with van der Waals surface area (Å²) in [6.45, 7) is 6.92. The van der Waals surface area contributed by atoms with E-state index >= 15 is 0 Å². The lowest BCUT2D eigenvalue weighted by Gasteiger charge is -2.30. The highest BCUT2D eigenvalue weighted by molar-refractivity contribution is 7.10. The van der Waals surface area contributed by atoms with Crippen LogP contribution in [0.1, 0.15) is 65.2 Å². The molecule has 0 bridgehead atoms. The van der Waals surface area contributed by atoms with Gasteiger partial charge in [0.1, 0.15) is 5.58 Å². The molecule has 0 aliphatic carbocycles. The normalized spacial score (nSPS) is 16.6. The van der Waals surface area contributed by atoms with Crippen molar-refractivity contribution in [1.82, 2.24) is 10.2 Å². The van der Waals surface area contributed by atoms with Gasteiger partial charge >= 0.3 is 0 Å². The van der Waals surface area contributed by atoms with Crippen molar-refractivity contribution in [3.05, 3.63) is 57.5 Å². The highest BCUT2D eigenvalue weighted by Crippen LogP contribution is 2.29. The fourth-order valence-electron chi connectivity index (χ4n) is 4.27. The molecule has 154 valence electrons. The van der Waals surface area contributed by atoms with Crippen LogP contribution in [-0.4, -0.2) is 30.4 Å². The molecule has 4 nitrogen and oxygen atoms in total. The van der Waals surface area contributed by atoms with E-state index in [1.54, 1.807) is 11.3 Å². The highest BCUT2D eigenvalue weighted by Gasteiger charge is 2.25. The van der Waals surface area contributed by atoms with Gasteiger partial charge in [0.25, 0.3) is 5.91 Å². The second-order valence-corrected chi connectivity index (χ2v) is 8.91. The van der Waals surface area contributed by atoms with Gasteiger partial charge in [-0.25, -0.2) is 0 Å². The minimum Gasteiger partial charge on any atom is -0.451 e. The zero-order chi connectivity index (χ0) is 20.2. The van der Waals surface area contributed by atoms with E-state index in [-0.39, 0.29) is 11.9 Å². The first kappa shape index (κ1) is 20.2. The predicted octanol–water partition coefficient (Wildman–Crippen LogP) is 5.71. The van der Waals surface area contributed by atoms with Crippen LogP contribution in [0.4, 0.5) is 0 Å². The largest absolute Gasteiger partial charge is 0.451 e. The number of thiophene rings is 1. The van der Waals surface area contributed by atoms with Crippen molar-refractivity contribution < 1.29 is 9.21 Å². The van der Waals surface area contributed by atoms with Crippen molar-refractivity contribution in [1.29, 1.82) is 0 Å². The zero-order valence-corrected chi connectivity index (χ0v) is 18.2. The summed E-state index contributed by atoms with van der Waals surface area (Å²) in [5, 5.41) is 6.33. The summed E-state index contributed by atoms with van der Waals surface area (Å²) in [5.74, 6) is 0.321. The summed E-state index contributed by atoms with van der Waals surface area (Å²) < 4.78 is 5.93. The fourth-order valence-corrected chi connectivity index (χ4v) is 5.13. The maximum atomic E-state index is 13.0. The molecule has 29 heavy (non-hydrogen) atoms. The first-order valence-electron chi connectivity index (χ1n) is 10.7. The van der Waals surface area contributed by atoms with Gasteiger partial charge in [0.15, 0.2) is 5.76 Å². The number of fused-ring (bicyclic) bond motifs is 1. The zero-order valence-electron chi connectivity index (χ0n) is 17.4. The van der Waals surface area contributed by atoms with Crippen molar-refractivity contribution >= 4 is 28.2 Å². The number of benzene rings is 1. The lowest BCUT2D eigenvalue weighted by Crippen LogP contribution is -2.38. The van der Waals surface area contributed by atoms with Gasteiger partial charge in [0, 0.05) is 22.4 Å². The first-order valence-corrected chi connectivity index (χ1v) is 11.6. The molecule has 5 heteroatoms. The lowest BCUT2D eigenvalue weighted by atomic mass is 10.1. The molecule has 1 N–H and O–H groups in total. The number of nitrogens with zero attached hydrogens (tertiary/aromatic N) is 1. The number of rotatable bonds is 6. The molecule has 3 aromatic rings. The van der Waals surface area contributed by atoms with E-state index in [1.807, 2.05) is 13.0 Å². The molecular formula is C24H30N2O2S. The Hall–Kier alpha value is -2.11. The van der Waals surface area contributed by atoms with Gasteiger partial charge in [-0.2, -0.15) is 0 Å². The maximum Gasteiger partial charge on any atom is 0.287 e. The van der Waals surface area contributed by atoms with E-state index < -0.39 is 0 Å². The van der Waals surface area contributed by atoms with Crippen LogP contribution in [0.15, 0.2) is 40.1 Å². The number of amides is 1. The predicted molar refractivity (Wildman–Crippen MR) is 120 cm³/mol. The topological polar surface area (TPSA) is 45.5 Å². The van der Waals surface area contributed by atoms with Crippen LogP contribution in [0.5, 0.6) is 0 Å². The van der Waals surface area contributed by atoms with Crippen molar-refractivity contribution in [3.63, 3.8) is 0 Å². The van der Waals surface area contributed by atoms with Crippen molar-refractivity contribution in [2.45, 2.75) is 52.0 Å². The minimum absolute atomic E-state index is 0.117. The summed E-state index contributed by atoms with van der Waals surface area (Å²) in [6.07, 6.45) is 6.05. The minimum atomic E-state index is -0.117. The van der Waals surface area contributed by atoms with Crippen LogP contribution >= 0.6 is 11.3 Å². The number of hydrogen-bond donors (Lipinski definition) is 1. The molecule has 3 heterocycles. The van der Waals surface area contributed by atoms with Crippen molar-refractivity contribution in [2.75, 3.05) is 19.6 Å². The third-order valence-corrected chi connectivity index (χ3v) is 7.00. The van der Waals surface area contributed by atoms with Crippen LogP contribution in [0.3, 0.4) is 0 Å². The van der Waals surface area contributed by atoms with E-state index in [9.17, 15) is 4.79 Å². The molecule has 1 amide bonds. The molecule has 0 radical (unpaired) electrons. The Labute approximate surface area is 176 Å². The number of aryl methyl sites for hydroxylation is 2. The molecule has 1 aliphatic heterocycles. The number of carbonyl (C=O) groups excluding carboxylic acids is 1. The van der Waals surface area contributed by atoms with Gasteiger partial charge < -0.3 is 9.73 Å². The third-order valence-electron chi connectivity index (χ3n) is 6.02. The second kappa shape index (κ2) is 9.14. The fraction of sp³-hybridized carbons (Fsp3) is 0.458. The molecule has 0 unspecified atom stereocenters. The molecule has 1 fully saturated rings. The quantitative estimate of drug-likeness (QED) is 0.566. The molecule has 1 saturated heterocycles. The number of furan rings is 1. The van der Waals surface area contributed by atoms with E-state index in [0.29, 0.717) is 12.3 Å².